The molecule has 1 aromatic carbocycles. The van der Waals surface area contributed by atoms with Gasteiger partial charge < -0.3 is 24.6 Å². The molecule has 1 aromatic heterocycles. The molecule has 0 spiro atoms. The summed E-state index contributed by atoms with van der Waals surface area (Å²) in [5.74, 6) is 1.57. The molecule has 3 amide bonds. The lowest BCUT2D eigenvalue weighted by molar-refractivity contribution is -0.135. The number of para-hydroxylation sites is 2. The second-order valence-electron chi connectivity index (χ2n) is 8.74. The molecule has 0 saturated carbocycles. The maximum absolute atomic E-state index is 13.6. The van der Waals surface area contributed by atoms with Crippen molar-refractivity contribution in [1.82, 2.24) is 15.1 Å². The van der Waals surface area contributed by atoms with Gasteiger partial charge in [0.1, 0.15) is 13.2 Å². The summed E-state index contributed by atoms with van der Waals surface area (Å²) in [6.45, 7) is 8.37. The Morgan fingerprint density at radius 3 is 2.71 bits per heavy atom. The van der Waals surface area contributed by atoms with Crippen LogP contribution in [0.2, 0.25) is 0 Å². The second kappa shape index (κ2) is 12.6. The maximum atomic E-state index is 13.6. The minimum absolute atomic E-state index is 0.0552. The third-order valence-corrected chi connectivity index (χ3v) is 7.25. The maximum Gasteiger partial charge on any atom is 0.317 e. The number of methoxy groups -OCH3 is 1. The van der Waals surface area contributed by atoms with Crippen LogP contribution in [0.4, 0.5) is 4.79 Å². The first-order chi connectivity index (χ1) is 16.5. The topological polar surface area (TPSA) is 71.1 Å². The molecule has 8 heteroatoms. The lowest BCUT2D eigenvalue weighted by Crippen LogP contribution is -2.50. The lowest BCUT2D eigenvalue weighted by Gasteiger charge is -2.37. The molecule has 1 aliphatic heterocycles. The van der Waals surface area contributed by atoms with E-state index in [1.54, 1.807) is 23.3 Å². The number of urea groups is 1. The van der Waals surface area contributed by atoms with E-state index < -0.39 is 0 Å². The van der Waals surface area contributed by atoms with Gasteiger partial charge in [-0.1, -0.05) is 39.3 Å². The van der Waals surface area contributed by atoms with Crippen molar-refractivity contribution >= 4 is 23.3 Å². The predicted molar refractivity (Wildman–Crippen MR) is 136 cm³/mol. The molecule has 2 heterocycles. The number of nitrogens with zero attached hydrogens (tertiary/aromatic N) is 2. The summed E-state index contributed by atoms with van der Waals surface area (Å²) in [6.07, 6.45) is 2.62. The van der Waals surface area contributed by atoms with Crippen LogP contribution < -0.4 is 14.8 Å². The van der Waals surface area contributed by atoms with Crippen LogP contribution in [0.1, 0.15) is 50.1 Å². The lowest BCUT2D eigenvalue weighted by atomic mass is 10.00. The number of amides is 3. The first-order valence-electron chi connectivity index (χ1n) is 12.1. The van der Waals surface area contributed by atoms with E-state index in [9.17, 15) is 9.59 Å². The van der Waals surface area contributed by atoms with Gasteiger partial charge in [-0.05, 0) is 47.9 Å². The van der Waals surface area contributed by atoms with E-state index in [-0.39, 0.29) is 24.5 Å². The minimum atomic E-state index is -0.212. The van der Waals surface area contributed by atoms with Gasteiger partial charge in [-0.3, -0.25) is 4.79 Å². The van der Waals surface area contributed by atoms with Gasteiger partial charge in [0.25, 0.3) is 0 Å². The van der Waals surface area contributed by atoms with Crippen molar-refractivity contribution in [3.05, 3.63) is 46.2 Å². The van der Waals surface area contributed by atoms with Crippen LogP contribution in [0.3, 0.4) is 0 Å². The zero-order valence-electron chi connectivity index (χ0n) is 20.7. The molecule has 2 atom stereocenters. The first-order valence-corrected chi connectivity index (χ1v) is 13.0. The van der Waals surface area contributed by atoms with Crippen LogP contribution in [0.15, 0.2) is 35.7 Å². The predicted octanol–water partition coefficient (Wildman–Crippen LogP) is 4.73. The summed E-state index contributed by atoms with van der Waals surface area (Å²) in [7, 11) is 1.62. The Bertz CT molecular complexity index is 948. The number of hydrogen-bond donors (Lipinski definition) is 1. The molecule has 34 heavy (non-hydrogen) atoms. The van der Waals surface area contributed by atoms with Crippen LogP contribution in [-0.2, 0) is 11.2 Å². The van der Waals surface area contributed by atoms with Gasteiger partial charge in [0.15, 0.2) is 11.5 Å². The number of nitrogens with one attached hydrogen (secondary N) is 1. The van der Waals surface area contributed by atoms with Crippen molar-refractivity contribution in [3.63, 3.8) is 0 Å². The van der Waals surface area contributed by atoms with Gasteiger partial charge in [0, 0.05) is 24.5 Å². The molecular formula is C26H37N3O4S. The molecule has 0 radical (unpaired) electrons. The van der Waals surface area contributed by atoms with Crippen LogP contribution in [0.5, 0.6) is 11.5 Å². The fraction of sp³-hybridized carbons (Fsp3) is 0.538. The molecule has 0 fully saturated rings. The molecule has 1 N–H and O–H groups in total. The highest BCUT2D eigenvalue weighted by Crippen LogP contribution is 2.35. The van der Waals surface area contributed by atoms with Crippen LogP contribution >= 0.6 is 11.3 Å². The summed E-state index contributed by atoms with van der Waals surface area (Å²) in [6, 6.07) is 9.22. The number of benzene rings is 1. The second-order valence-corrected chi connectivity index (χ2v) is 9.74. The highest BCUT2D eigenvalue weighted by molar-refractivity contribution is 7.10. The van der Waals surface area contributed by atoms with E-state index in [2.05, 4.69) is 30.6 Å². The molecular weight excluding hydrogens is 450 g/mol. The SMILES string of the molecule is CCCNC(=O)N(CC(=O)N1CCc2sccc2C1COc1ccccc1OC)CC(C)CC. The molecule has 1 aliphatic rings. The fourth-order valence-electron chi connectivity index (χ4n) is 4.10. The van der Waals surface area contributed by atoms with Gasteiger partial charge in [-0.25, -0.2) is 4.79 Å². The van der Waals surface area contributed by atoms with Gasteiger partial charge in [-0.2, -0.15) is 0 Å². The Balaban J connectivity index is 1.77. The first kappa shape index (κ1) is 25.9. The quantitative estimate of drug-likeness (QED) is 0.497. The Labute approximate surface area is 207 Å². The monoisotopic (exact) mass is 487 g/mol. The summed E-state index contributed by atoms with van der Waals surface area (Å²) in [5, 5.41) is 5.00. The van der Waals surface area contributed by atoms with Crippen molar-refractivity contribution in [2.75, 3.05) is 39.9 Å². The van der Waals surface area contributed by atoms with E-state index in [1.807, 2.05) is 36.1 Å². The van der Waals surface area contributed by atoms with Crippen molar-refractivity contribution in [2.24, 2.45) is 5.92 Å². The molecule has 3 rings (SSSR count). The number of carbonyl (C=O) groups is 2. The van der Waals surface area contributed by atoms with Gasteiger partial charge in [0.2, 0.25) is 5.91 Å². The fourth-order valence-corrected chi connectivity index (χ4v) is 5.03. The van der Waals surface area contributed by atoms with Gasteiger partial charge in [-0.15, -0.1) is 11.3 Å². The van der Waals surface area contributed by atoms with E-state index in [4.69, 9.17) is 9.47 Å². The van der Waals surface area contributed by atoms with E-state index in [0.29, 0.717) is 43.7 Å². The Kier molecular flexibility index (Phi) is 9.62. The van der Waals surface area contributed by atoms with Crippen molar-refractivity contribution < 1.29 is 19.1 Å². The molecule has 0 bridgehead atoms. The van der Waals surface area contributed by atoms with E-state index in [0.717, 1.165) is 24.8 Å². The molecule has 0 saturated heterocycles. The van der Waals surface area contributed by atoms with E-state index in [1.165, 1.54) is 4.88 Å². The highest BCUT2D eigenvalue weighted by Gasteiger charge is 2.33. The molecule has 186 valence electrons. The summed E-state index contributed by atoms with van der Waals surface area (Å²) >= 11 is 1.72. The average molecular weight is 488 g/mol. The number of carbonyl (C=O) groups excluding carboxylic acids is 2. The normalized spacial score (nSPS) is 15.9. The number of thiophene rings is 1. The van der Waals surface area contributed by atoms with Crippen molar-refractivity contribution in [2.45, 2.75) is 46.1 Å². The molecule has 2 unspecified atom stereocenters. The van der Waals surface area contributed by atoms with Crippen LogP contribution in [0.25, 0.3) is 0 Å². The minimum Gasteiger partial charge on any atom is -0.493 e. The average Bonchev–Trinajstić information content (AvgIpc) is 3.34. The molecule has 2 aromatic rings. The number of hydrogen-bond acceptors (Lipinski definition) is 5. The largest absolute Gasteiger partial charge is 0.493 e. The zero-order valence-corrected chi connectivity index (χ0v) is 21.5. The zero-order chi connectivity index (χ0) is 24.5. The Morgan fingerprint density at radius 1 is 1.24 bits per heavy atom. The van der Waals surface area contributed by atoms with Crippen LogP contribution in [0, 0.1) is 5.92 Å². The van der Waals surface area contributed by atoms with Gasteiger partial charge >= 0.3 is 6.03 Å². The van der Waals surface area contributed by atoms with Gasteiger partial charge in [0.05, 0.1) is 13.2 Å². The van der Waals surface area contributed by atoms with Crippen molar-refractivity contribution in [1.29, 1.82) is 0 Å². The Hall–Kier alpha value is -2.74. The third-order valence-electron chi connectivity index (χ3n) is 6.25. The highest BCUT2D eigenvalue weighted by atomic mass is 32.1. The molecule has 7 nitrogen and oxygen atoms in total. The van der Waals surface area contributed by atoms with Crippen LogP contribution in [-0.4, -0.2) is 61.6 Å². The molecule has 0 aliphatic carbocycles. The Morgan fingerprint density at radius 2 is 2.00 bits per heavy atom. The number of rotatable bonds is 11. The number of ether oxygens (including phenoxy) is 2. The summed E-state index contributed by atoms with van der Waals surface area (Å²) in [5.41, 5.74) is 1.13. The standard InChI is InChI=1S/C26H37N3O4S/c1-5-13-27-26(31)28(16-19(3)6-2)17-25(30)29-14-11-24-20(12-15-34-24)21(29)18-33-23-10-8-7-9-22(23)32-4/h7-10,12,15,19,21H,5-6,11,13-14,16-18H2,1-4H3,(H,27,31). The third kappa shape index (κ3) is 6.44. The smallest absolute Gasteiger partial charge is 0.317 e. The van der Waals surface area contributed by atoms with E-state index >= 15 is 0 Å². The number of fused-ring (bicyclic) bond motifs is 1. The van der Waals surface area contributed by atoms with Crippen molar-refractivity contribution in [3.8, 4) is 11.5 Å². The summed E-state index contributed by atoms with van der Waals surface area (Å²) < 4.78 is 11.6. The summed E-state index contributed by atoms with van der Waals surface area (Å²) in [4.78, 5) is 31.2.